The van der Waals surface area contributed by atoms with E-state index in [-0.39, 0.29) is 11.7 Å². The van der Waals surface area contributed by atoms with Crippen LogP contribution in [0.5, 0.6) is 11.5 Å². The lowest BCUT2D eigenvalue weighted by molar-refractivity contribution is -0.143. The Morgan fingerprint density at radius 3 is 2.18 bits per heavy atom. The Hall–Kier alpha value is -3.65. The first-order chi connectivity index (χ1) is 16.3. The number of nitrogens with zero attached hydrogens (tertiary/aromatic N) is 2. The molecule has 7 nitrogen and oxygen atoms in total. The number of methoxy groups -OCH3 is 2. The van der Waals surface area contributed by atoms with Gasteiger partial charge in [0.15, 0.2) is 4.80 Å². The summed E-state index contributed by atoms with van der Waals surface area (Å²) in [6.45, 7) is 5.36. The summed E-state index contributed by atoms with van der Waals surface area (Å²) in [5.74, 6) is 0.936. The molecular formula is C26H26N2O5S. The van der Waals surface area contributed by atoms with Crippen LogP contribution in [0.15, 0.2) is 69.6 Å². The molecule has 0 bridgehead atoms. The smallest absolute Gasteiger partial charge is 0.338 e. The van der Waals surface area contributed by atoms with Gasteiger partial charge in [-0.1, -0.05) is 35.6 Å². The Morgan fingerprint density at radius 2 is 1.62 bits per heavy atom. The van der Waals surface area contributed by atoms with Gasteiger partial charge in [0.05, 0.1) is 42.2 Å². The summed E-state index contributed by atoms with van der Waals surface area (Å²) in [4.78, 5) is 31.9. The first kappa shape index (κ1) is 23.5. The van der Waals surface area contributed by atoms with Gasteiger partial charge in [0, 0.05) is 0 Å². The number of rotatable bonds is 6. The average Bonchev–Trinajstić information content (AvgIpc) is 3.12. The van der Waals surface area contributed by atoms with Crippen LogP contribution < -0.4 is 24.4 Å². The number of fused-ring (bicyclic) bond motifs is 1. The molecule has 2 aromatic carbocycles. The van der Waals surface area contributed by atoms with Crippen molar-refractivity contribution in [2.24, 2.45) is 4.99 Å². The highest BCUT2D eigenvalue weighted by atomic mass is 32.1. The van der Waals surface area contributed by atoms with E-state index < -0.39 is 12.0 Å². The van der Waals surface area contributed by atoms with Crippen LogP contribution in [-0.4, -0.2) is 30.9 Å². The summed E-state index contributed by atoms with van der Waals surface area (Å²) in [5.41, 5.74) is 2.29. The van der Waals surface area contributed by atoms with Gasteiger partial charge < -0.3 is 14.2 Å². The van der Waals surface area contributed by atoms with Crippen LogP contribution in [0.3, 0.4) is 0 Å². The van der Waals surface area contributed by atoms with Gasteiger partial charge in [-0.15, -0.1) is 0 Å². The second-order valence-corrected chi connectivity index (χ2v) is 9.09. The quantitative estimate of drug-likeness (QED) is 0.509. The predicted molar refractivity (Wildman–Crippen MR) is 131 cm³/mol. The maximum Gasteiger partial charge on any atom is 0.338 e. The molecule has 4 rings (SSSR count). The Bertz CT molecular complexity index is 1410. The van der Waals surface area contributed by atoms with Gasteiger partial charge >= 0.3 is 5.97 Å². The lowest BCUT2D eigenvalue weighted by Crippen LogP contribution is -2.40. The van der Waals surface area contributed by atoms with Gasteiger partial charge in [-0.2, -0.15) is 0 Å². The fraction of sp³-hybridized carbons (Fsp3) is 0.269. The Morgan fingerprint density at radius 1 is 1.03 bits per heavy atom. The maximum atomic E-state index is 13.6. The second kappa shape index (κ2) is 9.69. The van der Waals surface area contributed by atoms with Gasteiger partial charge in [-0.3, -0.25) is 9.36 Å². The molecular weight excluding hydrogens is 452 g/mol. The van der Waals surface area contributed by atoms with E-state index in [1.165, 1.54) is 11.3 Å². The summed E-state index contributed by atoms with van der Waals surface area (Å²) >= 11 is 1.29. The van der Waals surface area contributed by atoms with E-state index in [4.69, 9.17) is 14.2 Å². The molecule has 0 aliphatic carbocycles. The molecule has 0 saturated heterocycles. The van der Waals surface area contributed by atoms with Crippen LogP contribution in [0.4, 0.5) is 0 Å². The van der Waals surface area contributed by atoms with Crippen LogP contribution in [0, 0.1) is 0 Å². The summed E-state index contributed by atoms with van der Waals surface area (Å²) in [6.07, 6.45) is 1.52. The van der Waals surface area contributed by atoms with Gasteiger partial charge in [0.1, 0.15) is 11.5 Å². The minimum Gasteiger partial charge on any atom is -0.497 e. The van der Waals surface area contributed by atoms with Crippen LogP contribution in [0.25, 0.3) is 6.08 Å². The minimum atomic E-state index is -0.661. The third-order valence-corrected chi connectivity index (χ3v) is 6.41. The topological polar surface area (TPSA) is 79.1 Å². The Labute approximate surface area is 201 Å². The lowest BCUT2D eigenvalue weighted by Gasteiger charge is -2.25. The first-order valence-corrected chi connectivity index (χ1v) is 11.7. The van der Waals surface area contributed by atoms with Crippen molar-refractivity contribution in [3.8, 4) is 11.5 Å². The average molecular weight is 479 g/mol. The number of hydrogen-bond donors (Lipinski definition) is 0. The third kappa shape index (κ3) is 4.54. The molecule has 8 heteroatoms. The van der Waals surface area contributed by atoms with Crippen LogP contribution in [0.2, 0.25) is 0 Å². The molecule has 0 fully saturated rings. The molecule has 1 aliphatic heterocycles. The van der Waals surface area contributed by atoms with E-state index >= 15 is 0 Å². The SMILES string of the molecule is COc1ccc(/C=c2/sc3n(c2=O)[C@H](c2ccc(OC)cc2)C(C(=O)OC(C)C)=C(C)N=3)cc1. The standard InChI is InChI=1S/C26H26N2O5S/c1-15(2)33-25(30)22-16(3)27-26-28(23(22)18-8-12-20(32-5)13-9-18)24(29)21(34-26)14-17-6-10-19(31-4)11-7-17/h6-15,23H,1-5H3/b21-14+/t23-/m1/s1. The van der Waals surface area contributed by atoms with E-state index in [1.54, 1.807) is 39.6 Å². The monoisotopic (exact) mass is 478 g/mol. The zero-order chi connectivity index (χ0) is 24.4. The number of esters is 1. The highest BCUT2D eigenvalue weighted by molar-refractivity contribution is 7.07. The zero-order valence-electron chi connectivity index (χ0n) is 19.7. The Balaban J connectivity index is 1.90. The van der Waals surface area contributed by atoms with Crippen molar-refractivity contribution in [1.29, 1.82) is 0 Å². The van der Waals surface area contributed by atoms with E-state index in [0.717, 1.165) is 16.9 Å². The molecule has 1 aromatic heterocycles. The largest absolute Gasteiger partial charge is 0.497 e. The van der Waals surface area contributed by atoms with Crippen molar-refractivity contribution < 1.29 is 19.0 Å². The summed E-state index contributed by atoms with van der Waals surface area (Å²) < 4.78 is 18.1. The second-order valence-electron chi connectivity index (χ2n) is 8.08. The molecule has 0 N–H and O–H groups in total. The molecule has 176 valence electrons. The van der Waals surface area contributed by atoms with E-state index in [2.05, 4.69) is 4.99 Å². The highest BCUT2D eigenvalue weighted by Crippen LogP contribution is 2.31. The van der Waals surface area contributed by atoms with Gasteiger partial charge in [-0.25, -0.2) is 9.79 Å². The highest BCUT2D eigenvalue weighted by Gasteiger charge is 2.33. The van der Waals surface area contributed by atoms with E-state index in [0.29, 0.717) is 26.4 Å². The molecule has 0 amide bonds. The number of allylic oxidation sites excluding steroid dienone is 1. The van der Waals surface area contributed by atoms with Crippen molar-refractivity contribution in [3.05, 3.63) is 90.6 Å². The number of thiazole rings is 1. The normalized spacial score (nSPS) is 15.7. The number of hydrogen-bond acceptors (Lipinski definition) is 7. The van der Waals surface area contributed by atoms with Crippen LogP contribution in [0.1, 0.15) is 37.9 Å². The van der Waals surface area contributed by atoms with Crippen LogP contribution >= 0.6 is 11.3 Å². The first-order valence-electron chi connectivity index (χ1n) is 10.8. The molecule has 1 aliphatic rings. The van der Waals surface area contributed by atoms with Gasteiger partial charge in [0.2, 0.25) is 0 Å². The molecule has 0 saturated carbocycles. The van der Waals surface area contributed by atoms with Crippen molar-refractivity contribution >= 4 is 23.4 Å². The van der Waals surface area contributed by atoms with E-state index in [1.807, 2.05) is 54.6 Å². The van der Waals surface area contributed by atoms with Crippen molar-refractivity contribution in [3.63, 3.8) is 0 Å². The number of carbonyl (C=O) groups excluding carboxylic acids is 1. The summed E-state index contributed by atoms with van der Waals surface area (Å²) in [7, 11) is 3.20. The van der Waals surface area contributed by atoms with Crippen LogP contribution in [-0.2, 0) is 9.53 Å². The van der Waals surface area contributed by atoms with Crippen molar-refractivity contribution in [2.45, 2.75) is 32.9 Å². The lowest BCUT2D eigenvalue weighted by atomic mass is 9.96. The maximum absolute atomic E-state index is 13.6. The zero-order valence-corrected chi connectivity index (χ0v) is 20.5. The van der Waals surface area contributed by atoms with Gasteiger partial charge in [0.25, 0.3) is 5.56 Å². The molecule has 1 atom stereocenters. The summed E-state index contributed by atoms with van der Waals surface area (Å²) in [6, 6.07) is 14.1. The fourth-order valence-electron chi connectivity index (χ4n) is 3.81. The number of benzene rings is 2. The molecule has 0 radical (unpaired) electrons. The van der Waals surface area contributed by atoms with E-state index in [9.17, 15) is 9.59 Å². The van der Waals surface area contributed by atoms with Crippen molar-refractivity contribution in [2.75, 3.05) is 14.2 Å². The minimum absolute atomic E-state index is 0.220. The van der Waals surface area contributed by atoms with Crippen molar-refractivity contribution in [1.82, 2.24) is 4.57 Å². The van der Waals surface area contributed by atoms with Gasteiger partial charge in [-0.05, 0) is 62.2 Å². The number of aromatic nitrogens is 1. The Kier molecular flexibility index (Phi) is 6.70. The molecule has 0 unspecified atom stereocenters. The fourth-order valence-corrected chi connectivity index (χ4v) is 4.86. The molecule has 34 heavy (non-hydrogen) atoms. The molecule has 0 spiro atoms. The molecule has 3 aromatic rings. The summed E-state index contributed by atoms with van der Waals surface area (Å²) in [5, 5.41) is 0. The molecule has 2 heterocycles. The predicted octanol–water partition coefficient (Wildman–Crippen LogP) is 3.20. The third-order valence-electron chi connectivity index (χ3n) is 5.43. The number of ether oxygens (including phenoxy) is 3. The number of carbonyl (C=O) groups is 1.